The molecule has 0 atom stereocenters. The van der Waals surface area contributed by atoms with Crippen LogP contribution in [0, 0.1) is 6.92 Å². The standard InChI is InChI=1S/C18H25N3O3/c1-12-6-5-7-14-15(12)19-16(22)21(14)13-8-10-20(11-9-13)17(23)24-18(2,3)4/h5-7,13H,8-11H2,1-4H3,(H,19,22). The average molecular weight is 331 g/mol. The number of nitrogens with zero attached hydrogens (tertiary/aromatic N) is 2. The van der Waals surface area contributed by atoms with Crippen molar-refractivity contribution < 1.29 is 9.53 Å². The van der Waals surface area contributed by atoms with E-state index in [0.717, 1.165) is 29.4 Å². The molecule has 0 radical (unpaired) electrons. The minimum absolute atomic E-state index is 0.0741. The number of carbonyl (C=O) groups is 1. The number of nitrogens with one attached hydrogen (secondary N) is 1. The fourth-order valence-electron chi connectivity index (χ4n) is 3.29. The molecular weight excluding hydrogens is 306 g/mol. The normalized spacial score (nSPS) is 16.6. The van der Waals surface area contributed by atoms with Crippen LogP contribution in [0.25, 0.3) is 11.0 Å². The van der Waals surface area contributed by atoms with Crippen molar-refractivity contribution in [2.45, 2.75) is 52.2 Å². The molecule has 1 aliphatic heterocycles. The topological polar surface area (TPSA) is 67.3 Å². The predicted octanol–water partition coefficient (Wildman–Crippen LogP) is 3.21. The van der Waals surface area contributed by atoms with Crippen LogP contribution >= 0.6 is 0 Å². The Hall–Kier alpha value is -2.24. The van der Waals surface area contributed by atoms with Crippen LogP contribution in [-0.2, 0) is 4.74 Å². The zero-order valence-electron chi connectivity index (χ0n) is 14.8. The highest BCUT2D eigenvalue weighted by Gasteiger charge is 2.28. The number of ether oxygens (including phenoxy) is 1. The van der Waals surface area contributed by atoms with E-state index in [9.17, 15) is 9.59 Å². The Balaban J connectivity index is 1.76. The highest BCUT2D eigenvalue weighted by Crippen LogP contribution is 2.26. The third-order valence-corrected chi connectivity index (χ3v) is 4.44. The third kappa shape index (κ3) is 3.18. The van der Waals surface area contributed by atoms with Gasteiger partial charge in [0.05, 0.1) is 11.0 Å². The fourth-order valence-corrected chi connectivity index (χ4v) is 3.29. The Labute approximate surface area is 141 Å². The molecule has 1 aromatic carbocycles. The van der Waals surface area contributed by atoms with Gasteiger partial charge in [-0.25, -0.2) is 9.59 Å². The fraction of sp³-hybridized carbons (Fsp3) is 0.556. The largest absolute Gasteiger partial charge is 0.444 e. The van der Waals surface area contributed by atoms with Crippen LogP contribution in [-0.4, -0.2) is 39.2 Å². The lowest BCUT2D eigenvalue weighted by atomic mass is 10.0. The van der Waals surface area contributed by atoms with Crippen LogP contribution in [0.1, 0.15) is 45.2 Å². The summed E-state index contributed by atoms with van der Waals surface area (Å²) in [4.78, 5) is 29.2. The third-order valence-electron chi connectivity index (χ3n) is 4.44. The quantitative estimate of drug-likeness (QED) is 0.872. The number of hydrogen-bond acceptors (Lipinski definition) is 3. The van der Waals surface area contributed by atoms with Crippen LogP contribution in [0.2, 0.25) is 0 Å². The molecule has 1 fully saturated rings. The van der Waals surface area contributed by atoms with Crippen molar-refractivity contribution in [3.05, 3.63) is 34.2 Å². The van der Waals surface area contributed by atoms with E-state index in [4.69, 9.17) is 4.74 Å². The Kier molecular flexibility index (Phi) is 4.15. The lowest BCUT2D eigenvalue weighted by molar-refractivity contribution is 0.0189. The van der Waals surface area contributed by atoms with Crippen molar-refractivity contribution in [2.24, 2.45) is 0 Å². The number of aromatic amines is 1. The Morgan fingerprint density at radius 3 is 2.54 bits per heavy atom. The number of H-pyrrole nitrogens is 1. The molecule has 0 saturated carbocycles. The predicted molar refractivity (Wildman–Crippen MR) is 93.4 cm³/mol. The summed E-state index contributed by atoms with van der Waals surface area (Å²) in [6.45, 7) is 8.80. The number of fused-ring (bicyclic) bond motifs is 1. The van der Waals surface area contributed by atoms with E-state index in [0.29, 0.717) is 13.1 Å². The minimum Gasteiger partial charge on any atom is -0.444 e. The molecule has 1 aliphatic rings. The van der Waals surface area contributed by atoms with E-state index in [1.54, 1.807) is 4.90 Å². The minimum atomic E-state index is -0.487. The van der Waals surface area contributed by atoms with Crippen LogP contribution in [0.4, 0.5) is 4.79 Å². The number of para-hydroxylation sites is 1. The molecule has 24 heavy (non-hydrogen) atoms. The maximum Gasteiger partial charge on any atom is 0.410 e. The Morgan fingerprint density at radius 1 is 1.25 bits per heavy atom. The average Bonchev–Trinajstić information content (AvgIpc) is 2.83. The van der Waals surface area contributed by atoms with E-state index in [2.05, 4.69) is 4.98 Å². The van der Waals surface area contributed by atoms with Crippen LogP contribution in [0.5, 0.6) is 0 Å². The molecule has 6 nitrogen and oxygen atoms in total. The first-order valence-electron chi connectivity index (χ1n) is 8.44. The molecule has 0 unspecified atom stereocenters. The molecule has 130 valence electrons. The maximum atomic E-state index is 12.4. The summed E-state index contributed by atoms with van der Waals surface area (Å²) >= 11 is 0. The van der Waals surface area contributed by atoms with E-state index in [1.807, 2.05) is 50.5 Å². The highest BCUT2D eigenvalue weighted by molar-refractivity contribution is 5.78. The van der Waals surface area contributed by atoms with Crippen LogP contribution < -0.4 is 5.69 Å². The van der Waals surface area contributed by atoms with Gasteiger partial charge in [0, 0.05) is 19.1 Å². The van der Waals surface area contributed by atoms with Gasteiger partial charge in [-0.3, -0.25) is 4.57 Å². The van der Waals surface area contributed by atoms with Crippen molar-refractivity contribution in [1.29, 1.82) is 0 Å². The lowest BCUT2D eigenvalue weighted by Gasteiger charge is -2.33. The zero-order chi connectivity index (χ0) is 17.5. The number of rotatable bonds is 1. The molecule has 1 saturated heterocycles. The lowest BCUT2D eigenvalue weighted by Crippen LogP contribution is -2.43. The summed E-state index contributed by atoms with van der Waals surface area (Å²) in [7, 11) is 0. The number of benzene rings is 1. The van der Waals surface area contributed by atoms with Gasteiger partial charge in [-0.2, -0.15) is 0 Å². The van der Waals surface area contributed by atoms with Crippen molar-refractivity contribution in [1.82, 2.24) is 14.5 Å². The van der Waals surface area contributed by atoms with Crippen molar-refractivity contribution >= 4 is 17.1 Å². The second-order valence-corrected chi connectivity index (χ2v) is 7.47. The first-order valence-corrected chi connectivity index (χ1v) is 8.44. The molecule has 0 bridgehead atoms. The van der Waals surface area contributed by atoms with Crippen molar-refractivity contribution in [3.63, 3.8) is 0 Å². The SMILES string of the molecule is Cc1cccc2c1[nH]c(=O)n2C1CCN(C(=O)OC(C)(C)C)CC1. The molecular formula is C18H25N3O3. The van der Waals surface area contributed by atoms with Gasteiger partial charge in [0.25, 0.3) is 0 Å². The van der Waals surface area contributed by atoms with Gasteiger partial charge in [0.1, 0.15) is 5.60 Å². The number of aromatic nitrogens is 2. The van der Waals surface area contributed by atoms with Crippen LogP contribution in [0.3, 0.4) is 0 Å². The van der Waals surface area contributed by atoms with Gasteiger partial charge in [-0.05, 0) is 52.2 Å². The molecule has 6 heteroatoms. The Morgan fingerprint density at radius 2 is 1.92 bits per heavy atom. The molecule has 0 spiro atoms. The molecule has 3 rings (SSSR count). The zero-order valence-corrected chi connectivity index (χ0v) is 14.8. The summed E-state index contributed by atoms with van der Waals surface area (Å²) in [6, 6.07) is 6.04. The molecule has 0 aliphatic carbocycles. The van der Waals surface area contributed by atoms with Gasteiger partial charge in [-0.1, -0.05) is 12.1 Å². The van der Waals surface area contributed by atoms with Gasteiger partial charge in [-0.15, -0.1) is 0 Å². The van der Waals surface area contributed by atoms with E-state index < -0.39 is 5.60 Å². The number of carbonyl (C=O) groups excluding carboxylic acids is 1. The van der Waals surface area contributed by atoms with E-state index >= 15 is 0 Å². The molecule has 2 heterocycles. The van der Waals surface area contributed by atoms with Crippen LogP contribution in [0.15, 0.2) is 23.0 Å². The molecule has 2 aromatic rings. The number of imidazole rings is 1. The summed E-state index contributed by atoms with van der Waals surface area (Å²) < 4.78 is 7.27. The summed E-state index contributed by atoms with van der Waals surface area (Å²) in [6.07, 6.45) is 1.23. The molecule has 1 aromatic heterocycles. The first-order chi connectivity index (χ1) is 11.3. The van der Waals surface area contributed by atoms with Crippen molar-refractivity contribution in [3.8, 4) is 0 Å². The number of aryl methyl sites for hydroxylation is 1. The monoisotopic (exact) mass is 331 g/mol. The van der Waals surface area contributed by atoms with Gasteiger partial charge in [0.15, 0.2) is 0 Å². The van der Waals surface area contributed by atoms with Gasteiger partial charge < -0.3 is 14.6 Å². The number of likely N-dealkylation sites (tertiary alicyclic amines) is 1. The Bertz CT molecular complexity index is 805. The maximum absolute atomic E-state index is 12.4. The van der Waals surface area contributed by atoms with Gasteiger partial charge >= 0.3 is 11.8 Å². The summed E-state index contributed by atoms with van der Waals surface area (Å²) in [5.41, 5.74) is 2.34. The van der Waals surface area contributed by atoms with Gasteiger partial charge in [0.2, 0.25) is 0 Å². The summed E-state index contributed by atoms with van der Waals surface area (Å²) in [5.74, 6) is 0. The second-order valence-electron chi connectivity index (χ2n) is 7.47. The highest BCUT2D eigenvalue weighted by atomic mass is 16.6. The number of hydrogen-bond donors (Lipinski definition) is 1. The molecule has 1 amide bonds. The van der Waals surface area contributed by atoms with E-state index in [1.165, 1.54) is 0 Å². The second kappa shape index (κ2) is 6.00. The first kappa shape index (κ1) is 16.6. The number of piperidine rings is 1. The smallest absolute Gasteiger partial charge is 0.410 e. The summed E-state index contributed by atoms with van der Waals surface area (Å²) in [5, 5.41) is 0. The molecule has 1 N–H and O–H groups in total. The van der Waals surface area contributed by atoms with Crippen molar-refractivity contribution in [2.75, 3.05) is 13.1 Å². The van der Waals surface area contributed by atoms with E-state index in [-0.39, 0.29) is 17.8 Å². The number of amides is 1.